The predicted molar refractivity (Wildman–Crippen MR) is 96.6 cm³/mol. The fourth-order valence-corrected chi connectivity index (χ4v) is 2.08. The average molecular weight is 327 g/mol. The summed E-state index contributed by atoms with van der Waals surface area (Å²) >= 11 is 5.06. The molecule has 0 aromatic heterocycles. The Balaban J connectivity index is 2.14. The van der Waals surface area contributed by atoms with Gasteiger partial charge in [0, 0.05) is 6.21 Å². The van der Waals surface area contributed by atoms with Crippen LogP contribution in [-0.4, -0.2) is 24.5 Å². The van der Waals surface area contributed by atoms with Gasteiger partial charge in [-0.3, -0.25) is 10.3 Å². The maximum absolute atomic E-state index is 11.1. The van der Waals surface area contributed by atoms with E-state index in [1.807, 2.05) is 55.5 Å². The number of rotatable bonds is 3. The number of carbonyl (C=O) groups excluding carboxylic acids is 1. The summed E-state index contributed by atoms with van der Waals surface area (Å²) in [7, 11) is 1.28. The van der Waals surface area contributed by atoms with Gasteiger partial charge in [0.1, 0.15) is 0 Å². The van der Waals surface area contributed by atoms with Crippen LogP contribution in [0.15, 0.2) is 53.5 Å². The highest BCUT2D eigenvalue weighted by Gasteiger charge is 2.06. The van der Waals surface area contributed by atoms with Crippen LogP contribution in [0.25, 0.3) is 0 Å². The third-order valence-corrected chi connectivity index (χ3v) is 3.15. The number of thiocarbonyl (C=S) groups is 1. The van der Waals surface area contributed by atoms with Crippen LogP contribution in [0.2, 0.25) is 0 Å². The van der Waals surface area contributed by atoms with Gasteiger partial charge < -0.3 is 10.1 Å². The van der Waals surface area contributed by atoms with Crippen molar-refractivity contribution < 1.29 is 9.53 Å². The number of hydrogen-bond acceptors (Lipinski definition) is 4. The van der Waals surface area contributed by atoms with Crippen molar-refractivity contribution in [1.82, 2.24) is 5.32 Å². The number of alkyl carbamates (subject to hydrolysis) is 1. The van der Waals surface area contributed by atoms with E-state index in [0.29, 0.717) is 11.4 Å². The molecule has 2 aromatic carbocycles. The molecule has 2 rings (SSSR count). The molecular formula is C17H17N3O2S. The second-order valence-corrected chi connectivity index (χ2v) is 5.17. The van der Waals surface area contributed by atoms with Gasteiger partial charge in [0.2, 0.25) is 0 Å². The van der Waals surface area contributed by atoms with Gasteiger partial charge in [-0.1, -0.05) is 42.0 Å². The molecule has 0 radical (unpaired) electrons. The Hall–Kier alpha value is -2.73. The van der Waals surface area contributed by atoms with Crippen LogP contribution in [0.5, 0.6) is 0 Å². The molecule has 6 heteroatoms. The lowest BCUT2D eigenvalue weighted by Gasteiger charge is -2.10. The van der Waals surface area contributed by atoms with E-state index < -0.39 is 6.09 Å². The first-order valence-corrected chi connectivity index (χ1v) is 7.35. The van der Waals surface area contributed by atoms with E-state index >= 15 is 0 Å². The number of nitrogens with zero attached hydrogens (tertiary/aromatic N) is 1. The number of aryl methyl sites for hydroxylation is 1. The summed E-state index contributed by atoms with van der Waals surface area (Å²) < 4.78 is 4.50. The molecule has 118 valence electrons. The summed E-state index contributed by atoms with van der Waals surface area (Å²) in [6, 6.07) is 15.5. The number of methoxy groups -OCH3 is 1. The highest BCUT2D eigenvalue weighted by Crippen LogP contribution is 2.24. The van der Waals surface area contributed by atoms with Crippen molar-refractivity contribution >= 4 is 41.0 Å². The number of ether oxygens (including phenoxy) is 1. The Bertz CT molecular complexity index is 744. The molecular weight excluding hydrogens is 310 g/mol. The standard InChI is InChI=1S/C17H17N3O2S/c1-12-6-5-7-13(10-12)11-18-14-8-3-4-9-15(14)19-16(23)20-17(21)22-2/h3-11H,1-2H3,(H2,19,20,21,23)/b18-11+. The fraction of sp³-hybridized carbons (Fsp3) is 0.118. The normalized spacial score (nSPS) is 10.3. The second-order valence-electron chi connectivity index (χ2n) is 4.76. The lowest BCUT2D eigenvalue weighted by Crippen LogP contribution is -2.33. The van der Waals surface area contributed by atoms with Crippen molar-refractivity contribution in [2.75, 3.05) is 12.4 Å². The molecule has 0 aliphatic rings. The van der Waals surface area contributed by atoms with Crippen molar-refractivity contribution in [3.8, 4) is 0 Å². The largest absolute Gasteiger partial charge is 0.453 e. The first-order chi connectivity index (χ1) is 11.1. The van der Waals surface area contributed by atoms with E-state index in [-0.39, 0.29) is 5.11 Å². The van der Waals surface area contributed by atoms with Crippen molar-refractivity contribution in [3.05, 3.63) is 59.7 Å². The molecule has 0 aliphatic carbocycles. The number of nitrogens with one attached hydrogen (secondary N) is 2. The minimum atomic E-state index is -0.622. The zero-order chi connectivity index (χ0) is 16.7. The number of carbonyl (C=O) groups is 1. The molecule has 0 fully saturated rings. The van der Waals surface area contributed by atoms with Gasteiger partial charge in [0.05, 0.1) is 18.5 Å². The molecule has 0 saturated carbocycles. The van der Waals surface area contributed by atoms with Crippen LogP contribution in [-0.2, 0) is 4.74 Å². The third-order valence-electron chi connectivity index (χ3n) is 2.95. The SMILES string of the molecule is COC(=O)NC(=S)Nc1ccccc1/N=C/c1cccc(C)c1. The molecule has 0 atom stereocenters. The number of amides is 1. The molecule has 0 aliphatic heterocycles. The van der Waals surface area contributed by atoms with Gasteiger partial charge >= 0.3 is 6.09 Å². The second kappa shape index (κ2) is 8.05. The van der Waals surface area contributed by atoms with Crippen LogP contribution in [0, 0.1) is 6.92 Å². The Morgan fingerprint density at radius 3 is 2.74 bits per heavy atom. The number of anilines is 1. The van der Waals surface area contributed by atoms with Crippen LogP contribution in [0.4, 0.5) is 16.2 Å². The zero-order valence-corrected chi connectivity index (χ0v) is 13.7. The molecule has 23 heavy (non-hydrogen) atoms. The fourth-order valence-electron chi connectivity index (χ4n) is 1.88. The summed E-state index contributed by atoms with van der Waals surface area (Å²) in [5.41, 5.74) is 3.58. The monoisotopic (exact) mass is 327 g/mol. The van der Waals surface area contributed by atoms with Crippen molar-refractivity contribution in [2.24, 2.45) is 4.99 Å². The van der Waals surface area contributed by atoms with Crippen LogP contribution >= 0.6 is 12.2 Å². The molecule has 0 heterocycles. The van der Waals surface area contributed by atoms with Gasteiger partial charge in [0.15, 0.2) is 5.11 Å². The smallest absolute Gasteiger partial charge is 0.413 e. The van der Waals surface area contributed by atoms with Crippen molar-refractivity contribution in [3.63, 3.8) is 0 Å². The maximum Gasteiger partial charge on any atom is 0.413 e. The highest BCUT2D eigenvalue weighted by atomic mass is 32.1. The third kappa shape index (κ3) is 5.19. The van der Waals surface area contributed by atoms with Gasteiger partial charge in [0.25, 0.3) is 0 Å². The van der Waals surface area contributed by atoms with Crippen molar-refractivity contribution in [2.45, 2.75) is 6.92 Å². The lowest BCUT2D eigenvalue weighted by atomic mass is 10.1. The molecule has 0 spiro atoms. The Morgan fingerprint density at radius 2 is 2.00 bits per heavy atom. The van der Waals surface area contributed by atoms with E-state index in [1.165, 1.54) is 12.7 Å². The molecule has 0 unspecified atom stereocenters. The lowest BCUT2D eigenvalue weighted by molar-refractivity contribution is 0.177. The quantitative estimate of drug-likeness (QED) is 0.665. The van der Waals surface area contributed by atoms with Gasteiger partial charge in [-0.25, -0.2) is 4.79 Å². The predicted octanol–water partition coefficient (Wildman–Crippen LogP) is 3.80. The van der Waals surface area contributed by atoms with E-state index in [2.05, 4.69) is 20.4 Å². The van der Waals surface area contributed by atoms with E-state index in [4.69, 9.17) is 12.2 Å². The number of benzene rings is 2. The van der Waals surface area contributed by atoms with Crippen molar-refractivity contribution in [1.29, 1.82) is 0 Å². The average Bonchev–Trinajstić information content (AvgIpc) is 2.54. The van der Waals surface area contributed by atoms with Crippen LogP contribution < -0.4 is 10.6 Å². The maximum atomic E-state index is 11.1. The highest BCUT2D eigenvalue weighted by molar-refractivity contribution is 7.80. The summed E-state index contributed by atoms with van der Waals surface area (Å²) in [6.07, 6.45) is 1.16. The zero-order valence-electron chi connectivity index (χ0n) is 12.9. The summed E-state index contributed by atoms with van der Waals surface area (Å²) in [6.45, 7) is 2.03. The molecule has 0 saturated heterocycles. The van der Waals surface area contributed by atoms with E-state index in [0.717, 1.165) is 5.56 Å². The summed E-state index contributed by atoms with van der Waals surface area (Å²) in [5, 5.41) is 5.47. The van der Waals surface area contributed by atoms with Gasteiger partial charge in [-0.05, 0) is 36.8 Å². The minimum absolute atomic E-state index is 0.148. The Kier molecular flexibility index (Phi) is 5.82. The number of para-hydroxylation sites is 2. The number of aliphatic imine (C=N–C) groups is 1. The molecule has 0 bridgehead atoms. The Morgan fingerprint density at radius 1 is 1.22 bits per heavy atom. The molecule has 1 amide bonds. The summed E-state index contributed by atoms with van der Waals surface area (Å²) in [4.78, 5) is 15.6. The Labute approximate surface area is 140 Å². The molecule has 2 aromatic rings. The molecule has 2 N–H and O–H groups in total. The minimum Gasteiger partial charge on any atom is -0.453 e. The first kappa shape index (κ1) is 16.6. The van der Waals surface area contributed by atoms with E-state index in [1.54, 1.807) is 6.21 Å². The van der Waals surface area contributed by atoms with Gasteiger partial charge in [-0.2, -0.15) is 0 Å². The van der Waals surface area contributed by atoms with Crippen LogP contribution in [0.3, 0.4) is 0 Å². The number of hydrogen-bond donors (Lipinski definition) is 2. The summed E-state index contributed by atoms with van der Waals surface area (Å²) in [5.74, 6) is 0. The van der Waals surface area contributed by atoms with E-state index in [9.17, 15) is 4.79 Å². The topological polar surface area (TPSA) is 62.7 Å². The van der Waals surface area contributed by atoms with Gasteiger partial charge in [-0.15, -0.1) is 0 Å². The first-order valence-electron chi connectivity index (χ1n) is 6.94. The molecule has 5 nitrogen and oxygen atoms in total. The van der Waals surface area contributed by atoms with Crippen LogP contribution in [0.1, 0.15) is 11.1 Å².